The number of aliphatic hydroxyl groups excluding tert-OH is 1. The van der Waals surface area contributed by atoms with E-state index in [1.165, 1.54) is 7.11 Å². The lowest BCUT2D eigenvalue weighted by molar-refractivity contribution is -0.150. The fourth-order valence-corrected chi connectivity index (χ4v) is 3.24. The van der Waals surface area contributed by atoms with Gasteiger partial charge in [-0.05, 0) is 36.1 Å². The molecule has 1 aromatic carbocycles. The number of carbonyl (C=O) groups excluding carboxylic acids is 2. The van der Waals surface area contributed by atoms with Crippen molar-refractivity contribution in [2.75, 3.05) is 14.2 Å². The number of hydrogen-bond donors (Lipinski definition) is 1. The van der Waals surface area contributed by atoms with E-state index in [9.17, 15) is 14.7 Å². The minimum atomic E-state index is -0.896. The minimum absolute atomic E-state index is 0.123. The van der Waals surface area contributed by atoms with E-state index in [1.807, 2.05) is 6.92 Å². The SMILES string of the molecule is CCC(=Nc1ccc(OC)cc1)C1=C(O)C(C(=O)OC)C(C)(C)CC1=O. The topological polar surface area (TPSA) is 85.2 Å². The fourth-order valence-electron chi connectivity index (χ4n) is 3.24. The number of methoxy groups -OCH3 is 2. The van der Waals surface area contributed by atoms with Crippen molar-refractivity contribution in [2.45, 2.75) is 33.6 Å². The van der Waals surface area contributed by atoms with Crippen LogP contribution in [0.25, 0.3) is 0 Å². The second kappa shape index (κ2) is 7.72. The molecule has 0 saturated carbocycles. The quantitative estimate of drug-likeness (QED) is 0.639. The lowest BCUT2D eigenvalue weighted by atomic mass is 9.67. The van der Waals surface area contributed by atoms with Gasteiger partial charge in [-0.3, -0.25) is 14.6 Å². The van der Waals surface area contributed by atoms with Gasteiger partial charge in [-0.2, -0.15) is 0 Å². The van der Waals surface area contributed by atoms with Crippen LogP contribution < -0.4 is 4.74 Å². The van der Waals surface area contributed by atoms with E-state index in [2.05, 4.69) is 4.99 Å². The Morgan fingerprint density at radius 1 is 1.27 bits per heavy atom. The largest absolute Gasteiger partial charge is 0.511 e. The Hall–Kier alpha value is -2.63. The van der Waals surface area contributed by atoms with Crippen LogP contribution in [0.2, 0.25) is 0 Å². The van der Waals surface area contributed by atoms with E-state index in [4.69, 9.17) is 9.47 Å². The Labute approximate surface area is 153 Å². The normalized spacial score (nSPS) is 20.1. The van der Waals surface area contributed by atoms with Crippen LogP contribution in [0.15, 0.2) is 40.6 Å². The number of ether oxygens (including phenoxy) is 2. The van der Waals surface area contributed by atoms with Crippen molar-refractivity contribution in [3.05, 3.63) is 35.6 Å². The van der Waals surface area contributed by atoms with Gasteiger partial charge >= 0.3 is 5.97 Å². The van der Waals surface area contributed by atoms with E-state index in [0.717, 1.165) is 0 Å². The smallest absolute Gasteiger partial charge is 0.316 e. The zero-order valence-corrected chi connectivity index (χ0v) is 15.8. The van der Waals surface area contributed by atoms with Crippen molar-refractivity contribution in [3.8, 4) is 5.75 Å². The molecule has 0 saturated heterocycles. The van der Waals surface area contributed by atoms with Gasteiger partial charge in [0.05, 0.1) is 31.2 Å². The van der Waals surface area contributed by atoms with Gasteiger partial charge in [-0.1, -0.05) is 20.8 Å². The molecule has 0 aromatic heterocycles. The average molecular weight is 359 g/mol. The molecule has 140 valence electrons. The number of allylic oxidation sites excluding steroid dienone is 1. The van der Waals surface area contributed by atoms with E-state index < -0.39 is 17.3 Å². The Kier molecular flexibility index (Phi) is 5.85. The summed E-state index contributed by atoms with van der Waals surface area (Å²) in [5, 5.41) is 10.8. The molecule has 6 nitrogen and oxygen atoms in total. The lowest BCUT2D eigenvalue weighted by Crippen LogP contribution is -2.41. The number of aliphatic imine (C=N–C) groups is 1. The molecule has 1 N–H and O–H groups in total. The molecule has 0 amide bonds. The summed E-state index contributed by atoms with van der Waals surface area (Å²) in [6, 6.07) is 7.06. The number of hydrogen-bond acceptors (Lipinski definition) is 6. The second-order valence-corrected chi connectivity index (χ2v) is 6.92. The molecule has 0 spiro atoms. The van der Waals surface area contributed by atoms with Gasteiger partial charge in [0.1, 0.15) is 17.4 Å². The molecule has 1 aliphatic carbocycles. The summed E-state index contributed by atoms with van der Waals surface area (Å²) in [5.74, 6) is -1.23. The van der Waals surface area contributed by atoms with Gasteiger partial charge in [-0.15, -0.1) is 0 Å². The fraction of sp³-hybridized carbons (Fsp3) is 0.450. The zero-order valence-electron chi connectivity index (χ0n) is 15.8. The first-order valence-corrected chi connectivity index (χ1v) is 8.51. The van der Waals surface area contributed by atoms with Gasteiger partial charge in [0.15, 0.2) is 5.78 Å². The van der Waals surface area contributed by atoms with Crippen LogP contribution in [0.3, 0.4) is 0 Å². The number of benzene rings is 1. The van der Waals surface area contributed by atoms with Crippen LogP contribution in [0.5, 0.6) is 5.75 Å². The minimum Gasteiger partial charge on any atom is -0.511 e. The highest BCUT2D eigenvalue weighted by Gasteiger charge is 2.47. The molecular weight excluding hydrogens is 334 g/mol. The maximum absolute atomic E-state index is 12.7. The third kappa shape index (κ3) is 3.79. The molecule has 1 unspecified atom stereocenters. The molecule has 0 radical (unpaired) electrons. The summed E-state index contributed by atoms with van der Waals surface area (Å²) in [4.78, 5) is 29.4. The highest BCUT2D eigenvalue weighted by atomic mass is 16.5. The first-order chi connectivity index (χ1) is 12.2. The van der Waals surface area contributed by atoms with Gasteiger partial charge in [-0.25, -0.2) is 0 Å². The Balaban J connectivity index is 2.54. The second-order valence-electron chi connectivity index (χ2n) is 6.92. The number of carbonyl (C=O) groups is 2. The van der Waals surface area contributed by atoms with E-state index in [0.29, 0.717) is 23.6 Å². The van der Waals surface area contributed by atoms with Crippen molar-refractivity contribution in [2.24, 2.45) is 16.3 Å². The van der Waals surface area contributed by atoms with Gasteiger partial charge in [0.2, 0.25) is 0 Å². The van der Waals surface area contributed by atoms with Crippen molar-refractivity contribution in [1.29, 1.82) is 0 Å². The van der Waals surface area contributed by atoms with Crippen LogP contribution in [0.4, 0.5) is 5.69 Å². The highest BCUT2D eigenvalue weighted by Crippen LogP contribution is 2.42. The average Bonchev–Trinajstić information content (AvgIpc) is 2.59. The van der Waals surface area contributed by atoms with Crippen LogP contribution in [0.1, 0.15) is 33.6 Å². The van der Waals surface area contributed by atoms with E-state index >= 15 is 0 Å². The number of Topliss-reactive ketones (excluding diaryl/α,β-unsaturated/α-hetero) is 1. The molecule has 1 atom stereocenters. The van der Waals surface area contributed by atoms with Crippen molar-refractivity contribution >= 4 is 23.2 Å². The van der Waals surface area contributed by atoms with Crippen molar-refractivity contribution in [3.63, 3.8) is 0 Å². The molecule has 2 rings (SSSR count). The maximum Gasteiger partial charge on any atom is 0.316 e. The van der Waals surface area contributed by atoms with E-state index in [1.54, 1.807) is 45.2 Å². The van der Waals surface area contributed by atoms with Crippen LogP contribution in [-0.4, -0.2) is 36.8 Å². The molecular formula is C20H25NO5. The highest BCUT2D eigenvalue weighted by molar-refractivity contribution is 6.24. The number of rotatable bonds is 5. The Morgan fingerprint density at radius 3 is 2.38 bits per heavy atom. The molecule has 0 heterocycles. The summed E-state index contributed by atoms with van der Waals surface area (Å²) >= 11 is 0. The van der Waals surface area contributed by atoms with Crippen molar-refractivity contribution in [1.82, 2.24) is 0 Å². The monoisotopic (exact) mass is 359 g/mol. The zero-order chi connectivity index (χ0) is 19.5. The van der Waals surface area contributed by atoms with Crippen LogP contribution in [-0.2, 0) is 14.3 Å². The summed E-state index contributed by atoms with van der Waals surface area (Å²) in [6.45, 7) is 5.39. The first kappa shape index (κ1) is 19.7. The molecule has 0 bridgehead atoms. The van der Waals surface area contributed by atoms with Crippen LogP contribution in [0, 0.1) is 11.3 Å². The lowest BCUT2D eigenvalue weighted by Gasteiger charge is -2.36. The molecule has 1 aliphatic rings. The molecule has 0 fully saturated rings. The van der Waals surface area contributed by atoms with Gasteiger partial charge in [0, 0.05) is 6.42 Å². The molecule has 6 heteroatoms. The van der Waals surface area contributed by atoms with Gasteiger partial charge < -0.3 is 14.6 Å². The predicted octanol–water partition coefficient (Wildman–Crippen LogP) is 3.78. The van der Waals surface area contributed by atoms with Crippen LogP contribution >= 0.6 is 0 Å². The maximum atomic E-state index is 12.7. The number of ketones is 1. The van der Waals surface area contributed by atoms with Crippen molar-refractivity contribution < 1.29 is 24.2 Å². The summed E-state index contributed by atoms with van der Waals surface area (Å²) in [7, 11) is 2.85. The predicted molar refractivity (Wildman–Crippen MR) is 98.9 cm³/mol. The van der Waals surface area contributed by atoms with Gasteiger partial charge in [0.25, 0.3) is 0 Å². The third-order valence-electron chi connectivity index (χ3n) is 4.60. The molecule has 1 aromatic rings. The standard InChI is InChI=1S/C20H25NO5/c1-6-14(21-12-7-9-13(25-4)10-8-12)16-15(22)11-20(2,3)17(18(16)23)19(24)26-5/h7-10,17,23H,6,11H2,1-5H3. The number of aliphatic hydroxyl groups is 1. The summed E-state index contributed by atoms with van der Waals surface area (Å²) < 4.78 is 9.96. The summed E-state index contributed by atoms with van der Waals surface area (Å²) in [5.41, 5.74) is 0.479. The number of esters is 1. The Morgan fingerprint density at radius 2 is 1.88 bits per heavy atom. The van der Waals surface area contributed by atoms with E-state index in [-0.39, 0.29) is 23.5 Å². The molecule has 0 aliphatic heterocycles. The number of nitrogens with zero attached hydrogens (tertiary/aromatic N) is 1. The first-order valence-electron chi connectivity index (χ1n) is 8.51. The molecule has 26 heavy (non-hydrogen) atoms. The third-order valence-corrected chi connectivity index (χ3v) is 4.60. The summed E-state index contributed by atoms with van der Waals surface area (Å²) in [6.07, 6.45) is 0.569. The Bertz CT molecular complexity index is 759.